The average Bonchev–Trinajstić information content (AvgIpc) is 3.15. The number of imidazole rings is 1. The maximum atomic E-state index is 12.5. The van der Waals surface area contributed by atoms with Crippen LogP contribution < -0.4 is 14.8 Å². The van der Waals surface area contributed by atoms with Crippen molar-refractivity contribution >= 4 is 23.2 Å². The second kappa shape index (κ2) is 8.40. The van der Waals surface area contributed by atoms with E-state index in [0.29, 0.717) is 40.9 Å². The highest BCUT2D eigenvalue weighted by Crippen LogP contribution is 2.24. The minimum absolute atomic E-state index is 0.306. The summed E-state index contributed by atoms with van der Waals surface area (Å²) in [5.41, 5.74) is 0.989. The number of nitrogens with zero attached hydrogens (tertiary/aromatic N) is 2. The van der Waals surface area contributed by atoms with Crippen LogP contribution in [0.3, 0.4) is 0 Å². The van der Waals surface area contributed by atoms with Gasteiger partial charge in [0.2, 0.25) is 0 Å². The molecule has 3 aromatic rings. The lowest BCUT2D eigenvalue weighted by Crippen LogP contribution is -2.13. The Kier molecular flexibility index (Phi) is 5.76. The van der Waals surface area contributed by atoms with E-state index in [1.165, 1.54) is 7.11 Å². The van der Waals surface area contributed by atoms with Crippen LogP contribution in [0.5, 0.6) is 11.5 Å². The Morgan fingerprint density at radius 1 is 1.27 bits per heavy atom. The van der Waals surface area contributed by atoms with Crippen molar-refractivity contribution in [3.63, 3.8) is 0 Å². The summed E-state index contributed by atoms with van der Waals surface area (Å²) in [4.78, 5) is 16.5. The first kappa shape index (κ1) is 17.8. The molecule has 0 saturated heterocycles. The van der Waals surface area contributed by atoms with E-state index >= 15 is 0 Å². The van der Waals surface area contributed by atoms with Gasteiger partial charge in [-0.05, 0) is 30.3 Å². The fraction of sp³-hybridized carbons (Fsp3) is 0.158. The SMILES string of the molecule is COc1ccc(Cl)cc1C(=O)Nc1cccc(OCCn2ccnc2)c1. The lowest BCUT2D eigenvalue weighted by molar-refractivity contribution is 0.102. The van der Waals surface area contributed by atoms with E-state index in [2.05, 4.69) is 10.3 Å². The molecule has 1 heterocycles. The fourth-order valence-electron chi connectivity index (χ4n) is 2.41. The number of carbonyl (C=O) groups is 1. The van der Waals surface area contributed by atoms with Crippen LogP contribution in [-0.2, 0) is 6.54 Å². The van der Waals surface area contributed by atoms with Gasteiger partial charge in [0, 0.05) is 29.2 Å². The summed E-state index contributed by atoms with van der Waals surface area (Å²) in [7, 11) is 1.51. The number of rotatable bonds is 7. The number of ether oxygens (including phenoxy) is 2. The van der Waals surface area contributed by atoms with Crippen LogP contribution >= 0.6 is 11.6 Å². The molecule has 1 N–H and O–H groups in total. The monoisotopic (exact) mass is 371 g/mol. The molecule has 0 atom stereocenters. The fourth-order valence-corrected chi connectivity index (χ4v) is 2.58. The van der Waals surface area contributed by atoms with Gasteiger partial charge in [0.05, 0.1) is 25.5 Å². The molecule has 0 bridgehead atoms. The predicted molar refractivity (Wildman–Crippen MR) is 100 cm³/mol. The van der Waals surface area contributed by atoms with Gasteiger partial charge in [0.1, 0.15) is 18.1 Å². The zero-order valence-electron chi connectivity index (χ0n) is 14.2. The third kappa shape index (κ3) is 4.55. The molecule has 26 heavy (non-hydrogen) atoms. The van der Waals surface area contributed by atoms with Gasteiger partial charge in [-0.3, -0.25) is 4.79 Å². The standard InChI is InChI=1S/C19H18ClN3O3/c1-25-18-6-5-14(20)11-17(18)19(24)22-15-3-2-4-16(12-15)26-10-9-23-8-7-21-13-23/h2-8,11-13H,9-10H2,1H3,(H,22,24). The molecule has 0 spiro atoms. The Labute approximate surface area is 156 Å². The molecular formula is C19H18ClN3O3. The Bertz CT molecular complexity index is 881. The summed E-state index contributed by atoms with van der Waals surface area (Å²) in [6, 6.07) is 12.1. The molecule has 7 heteroatoms. The van der Waals surface area contributed by atoms with Gasteiger partial charge in [-0.1, -0.05) is 17.7 Å². The number of nitrogens with one attached hydrogen (secondary N) is 1. The number of halogens is 1. The molecule has 0 aliphatic rings. The summed E-state index contributed by atoms with van der Waals surface area (Å²) in [5, 5.41) is 3.30. The van der Waals surface area contributed by atoms with Gasteiger partial charge in [0.25, 0.3) is 5.91 Å². The summed E-state index contributed by atoms with van der Waals surface area (Å²) in [6.07, 6.45) is 5.33. The zero-order valence-corrected chi connectivity index (χ0v) is 14.9. The topological polar surface area (TPSA) is 65.4 Å². The van der Waals surface area contributed by atoms with Crippen LogP contribution in [0.2, 0.25) is 5.02 Å². The first-order valence-corrected chi connectivity index (χ1v) is 8.37. The van der Waals surface area contributed by atoms with Gasteiger partial charge in [-0.15, -0.1) is 0 Å². The van der Waals surface area contributed by atoms with Gasteiger partial charge >= 0.3 is 0 Å². The van der Waals surface area contributed by atoms with Crippen LogP contribution in [0.25, 0.3) is 0 Å². The number of anilines is 1. The first-order chi connectivity index (χ1) is 12.7. The number of aromatic nitrogens is 2. The largest absolute Gasteiger partial charge is 0.496 e. The number of methoxy groups -OCH3 is 1. The van der Waals surface area contributed by atoms with Crippen molar-refractivity contribution in [2.24, 2.45) is 0 Å². The molecule has 0 aliphatic carbocycles. The van der Waals surface area contributed by atoms with Crippen LogP contribution in [0.15, 0.2) is 61.2 Å². The van der Waals surface area contributed by atoms with Crippen molar-refractivity contribution in [3.8, 4) is 11.5 Å². The molecule has 1 amide bonds. The van der Waals surface area contributed by atoms with Gasteiger partial charge < -0.3 is 19.4 Å². The molecule has 0 saturated carbocycles. The highest BCUT2D eigenvalue weighted by molar-refractivity contribution is 6.31. The molecule has 0 unspecified atom stereocenters. The number of amides is 1. The molecule has 134 valence electrons. The van der Waals surface area contributed by atoms with Crippen molar-refractivity contribution < 1.29 is 14.3 Å². The zero-order chi connectivity index (χ0) is 18.4. The molecule has 2 aromatic carbocycles. The first-order valence-electron chi connectivity index (χ1n) is 7.99. The minimum atomic E-state index is -0.306. The summed E-state index contributed by atoms with van der Waals surface area (Å²) in [5.74, 6) is 0.820. The quantitative estimate of drug-likeness (QED) is 0.684. The van der Waals surface area contributed by atoms with E-state index in [1.807, 2.05) is 22.9 Å². The Morgan fingerprint density at radius 3 is 2.92 bits per heavy atom. The van der Waals surface area contributed by atoms with Gasteiger partial charge in [-0.2, -0.15) is 0 Å². The third-order valence-corrected chi connectivity index (χ3v) is 3.91. The number of hydrogen-bond donors (Lipinski definition) is 1. The molecule has 0 fully saturated rings. The predicted octanol–water partition coefficient (Wildman–Crippen LogP) is 3.88. The second-order valence-corrected chi connectivity index (χ2v) is 5.91. The molecular weight excluding hydrogens is 354 g/mol. The maximum absolute atomic E-state index is 12.5. The highest BCUT2D eigenvalue weighted by Gasteiger charge is 2.13. The Morgan fingerprint density at radius 2 is 2.15 bits per heavy atom. The Balaban J connectivity index is 1.64. The third-order valence-electron chi connectivity index (χ3n) is 3.68. The van der Waals surface area contributed by atoms with Gasteiger partial charge in [0.15, 0.2) is 0 Å². The van der Waals surface area contributed by atoms with Gasteiger partial charge in [-0.25, -0.2) is 4.98 Å². The second-order valence-electron chi connectivity index (χ2n) is 5.48. The van der Waals surface area contributed by atoms with E-state index in [4.69, 9.17) is 21.1 Å². The molecule has 6 nitrogen and oxygen atoms in total. The summed E-state index contributed by atoms with van der Waals surface area (Å²) >= 11 is 5.98. The van der Waals surface area contributed by atoms with Crippen molar-refractivity contribution in [1.82, 2.24) is 9.55 Å². The number of benzene rings is 2. The number of hydrogen-bond acceptors (Lipinski definition) is 4. The normalized spacial score (nSPS) is 10.4. The minimum Gasteiger partial charge on any atom is -0.496 e. The summed E-state index contributed by atoms with van der Waals surface area (Å²) < 4.78 is 12.9. The van der Waals surface area contributed by atoms with Crippen molar-refractivity contribution in [2.75, 3.05) is 19.0 Å². The molecule has 1 aromatic heterocycles. The van der Waals surface area contributed by atoms with E-state index in [1.54, 1.807) is 42.9 Å². The summed E-state index contributed by atoms with van der Waals surface area (Å²) in [6.45, 7) is 1.19. The van der Waals surface area contributed by atoms with Crippen molar-refractivity contribution in [1.29, 1.82) is 0 Å². The maximum Gasteiger partial charge on any atom is 0.259 e. The lowest BCUT2D eigenvalue weighted by atomic mass is 10.2. The van der Waals surface area contributed by atoms with Crippen molar-refractivity contribution in [2.45, 2.75) is 6.54 Å². The molecule has 0 aliphatic heterocycles. The van der Waals surface area contributed by atoms with E-state index < -0.39 is 0 Å². The van der Waals surface area contributed by atoms with Crippen LogP contribution in [0, 0.1) is 0 Å². The van der Waals surface area contributed by atoms with Crippen molar-refractivity contribution in [3.05, 3.63) is 71.8 Å². The van der Waals surface area contributed by atoms with Crippen LogP contribution in [0.1, 0.15) is 10.4 Å². The van der Waals surface area contributed by atoms with Crippen LogP contribution in [-0.4, -0.2) is 29.2 Å². The average molecular weight is 372 g/mol. The highest BCUT2D eigenvalue weighted by atomic mass is 35.5. The van der Waals surface area contributed by atoms with E-state index in [-0.39, 0.29) is 5.91 Å². The molecule has 0 radical (unpaired) electrons. The lowest BCUT2D eigenvalue weighted by Gasteiger charge is -2.11. The van der Waals surface area contributed by atoms with E-state index in [9.17, 15) is 4.79 Å². The van der Waals surface area contributed by atoms with E-state index in [0.717, 1.165) is 0 Å². The Hall–Kier alpha value is -2.99. The smallest absolute Gasteiger partial charge is 0.259 e. The molecule has 3 rings (SSSR count). The number of carbonyl (C=O) groups excluding carboxylic acids is 1. The van der Waals surface area contributed by atoms with Crippen LogP contribution in [0.4, 0.5) is 5.69 Å².